The van der Waals surface area contributed by atoms with Gasteiger partial charge in [0.1, 0.15) is 0 Å². The number of rotatable bonds is 7. The Labute approximate surface area is 101 Å². The maximum Gasteiger partial charge on any atom is 0.0235 e. The van der Waals surface area contributed by atoms with Crippen LogP contribution >= 0.6 is 0 Å². The van der Waals surface area contributed by atoms with Crippen molar-refractivity contribution >= 4 is 0 Å². The van der Waals surface area contributed by atoms with Crippen LogP contribution in [0.25, 0.3) is 0 Å². The summed E-state index contributed by atoms with van der Waals surface area (Å²) in [5, 5.41) is 3.49. The monoisotopic (exact) mass is 227 g/mol. The summed E-state index contributed by atoms with van der Waals surface area (Å²) in [5.74, 6) is 0. The third kappa shape index (κ3) is 4.04. The van der Waals surface area contributed by atoms with E-state index in [1.807, 2.05) is 0 Å². The molecule has 3 nitrogen and oxygen atoms in total. The van der Waals surface area contributed by atoms with Crippen LogP contribution in [-0.2, 0) is 0 Å². The van der Waals surface area contributed by atoms with Crippen LogP contribution in [0.3, 0.4) is 0 Å². The Balaban J connectivity index is 2.29. The van der Waals surface area contributed by atoms with E-state index in [1.54, 1.807) is 0 Å². The Morgan fingerprint density at radius 2 is 2.00 bits per heavy atom. The Hall–Kier alpha value is -0.120. The zero-order valence-corrected chi connectivity index (χ0v) is 11.5. The van der Waals surface area contributed by atoms with Gasteiger partial charge in [-0.15, -0.1) is 0 Å². The fourth-order valence-electron chi connectivity index (χ4n) is 2.82. The van der Waals surface area contributed by atoms with E-state index in [0.29, 0.717) is 6.04 Å². The van der Waals surface area contributed by atoms with Gasteiger partial charge in [-0.1, -0.05) is 20.8 Å². The van der Waals surface area contributed by atoms with Crippen molar-refractivity contribution < 1.29 is 0 Å². The first-order chi connectivity index (χ1) is 7.71. The zero-order chi connectivity index (χ0) is 12.0. The van der Waals surface area contributed by atoms with Crippen LogP contribution in [0.4, 0.5) is 0 Å². The van der Waals surface area contributed by atoms with Crippen LogP contribution in [0.15, 0.2) is 0 Å². The molecule has 1 rings (SSSR count). The summed E-state index contributed by atoms with van der Waals surface area (Å²) in [6.45, 7) is 16.2. The lowest BCUT2D eigenvalue weighted by Crippen LogP contribution is -2.41. The van der Waals surface area contributed by atoms with Crippen LogP contribution in [0.2, 0.25) is 0 Å². The van der Waals surface area contributed by atoms with E-state index >= 15 is 0 Å². The van der Waals surface area contributed by atoms with Crippen molar-refractivity contribution in [3.8, 4) is 0 Å². The minimum Gasteiger partial charge on any atom is -0.313 e. The normalized spacial score (nSPS) is 24.2. The van der Waals surface area contributed by atoms with Crippen molar-refractivity contribution in [3.05, 3.63) is 0 Å². The van der Waals surface area contributed by atoms with E-state index in [4.69, 9.17) is 0 Å². The summed E-state index contributed by atoms with van der Waals surface area (Å²) in [7, 11) is 0. The van der Waals surface area contributed by atoms with Gasteiger partial charge in [0.25, 0.3) is 0 Å². The lowest BCUT2D eigenvalue weighted by atomic mass is 10.2. The first-order valence-electron chi connectivity index (χ1n) is 6.90. The van der Waals surface area contributed by atoms with Crippen LogP contribution in [0.5, 0.6) is 0 Å². The van der Waals surface area contributed by atoms with E-state index in [-0.39, 0.29) is 0 Å². The van der Waals surface area contributed by atoms with Gasteiger partial charge in [-0.3, -0.25) is 4.90 Å². The second-order valence-electron chi connectivity index (χ2n) is 4.88. The number of nitrogens with one attached hydrogen (secondary N) is 1. The molecule has 0 amide bonds. The van der Waals surface area contributed by atoms with E-state index in [2.05, 4.69) is 42.8 Å². The molecule has 0 radical (unpaired) electrons. The molecule has 0 aromatic heterocycles. The Morgan fingerprint density at radius 3 is 2.56 bits per heavy atom. The summed E-state index contributed by atoms with van der Waals surface area (Å²) in [4.78, 5) is 5.20. The van der Waals surface area contributed by atoms with Gasteiger partial charge in [0.2, 0.25) is 0 Å². The third-order valence-electron chi connectivity index (χ3n) is 3.66. The Kier molecular flexibility index (Phi) is 6.32. The van der Waals surface area contributed by atoms with Gasteiger partial charge in [-0.25, -0.2) is 0 Å². The highest BCUT2D eigenvalue weighted by Gasteiger charge is 2.26. The molecular weight excluding hydrogens is 198 g/mol. The molecule has 0 saturated carbocycles. The molecule has 3 heteroatoms. The molecule has 1 N–H and O–H groups in total. The maximum atomic E-state index is 3.49. The molecule has 0 aromatic rings. The molecule has 1 heterocycles. The third-order valence-corrected chi connectivity index (χ3v) is 3.66. The SMILES string of the molecule is CCNC(C)CN1CCC(N(CC)CC)C1. The number of likely N-dealkylation sites (tertiary alicyclic amines) is 1. The van der Waals surface area contributed by atoms with E-state index in [1.165, 1.54) is 39.1 Å². The largest absolute Gasteiger partial charge is 0.313 e. The fraction of sp³-hybridized carbons (Fsp3) is 1.00. The minimum absolute atomic E-state index is 0.625. The molecule has 1 aliphatic heterocycles. The smallest absolute Gasteiger partial charge is 0.0235 e. The standard InChI is InChI=1S/C13H29N3/c1-5-14-12(4)10-15-9-8-13(11-15)16(6-2)7-3/h12-14H,5-11H2,1-4H3. The van der Waals surface area contributed by atoms with Gasteiger partial charge < -0.3 is 10.2 Å². The molecule has 0 spiro atoms. The molecule has 1 saturated heterocycles. The first kappa shape index (κ1) is 13.9. The molecule has 1 aliphatic rings. The van der Waals surface area contributed by atoms with Gasteiger partial charge >= 0.3 is 0 Å². The highest BCUT2D eigenvalue weighted by Crippen LogP contribution is 2.15. The predicted octanol–water partition coefficient (Wildman–Crippen LogP) is 1.40. The van der Waals surface area contributed by atoms with Crippen molar-refractivity contribution in [2.75, 3.05) is 39.3 Å². The number of hydrogen-bond donors (Lipinski definition) is 1. The molecule has 2 atom stereocenters. The summed E-state index contributed by atoms with van der Waals surface area (Å²) < 4.78 is 0. The fourth-order valence-corrected chi connectivity index (χ4v) is 2.82. The Bertz CT molecular complexity index is 180. The highest BCUT2D eigenvalue weighted by molar-refractivity contribution is 4.84. The Morgan fingerprint density at radius 1 is 1.31 bits per heavy atom. The van der Waals surface area contributed by atoms with Crippen molar-refractivity contribution in [3.63, 3.8) is 0 Å². The van der Waals surface area contributed by atoms with Crippen LogP contribution < -0.4 is 5.32 Å². The maximum absolute atomic E-state index is 3.49. The summed E-state index contributed by atoms with van der Waals surface area (Å²) in [6, 6.07) is 1.42. The van der Waals surface area contributed by atoms with Crippen LogP contribution in [0.1, 0.15) is 34.1 Å². The van der Waals surface area contributed by atoms with Gasteiger partial charge in [0, 0.05) is 25.2 Å². The van der Waals surface area contributed by atoms with Crippen molar-refractivity contribution in [1.82, 2.24) is 15.1 Å². The van der Waals surface area contributed by atoms with Gasteiger partial charge in [0.15, 0.2) is 0 Å². The van der Waals surface area contributed by atoms with Crippen molar-refractivity contribution in [2.45, 2.75) is 46.2 Å². The molecule has 96 valence electrons. The zero-order valence-electron chi connectivity index (χ0n) is 11.5. The van der Waals surface area contributed by atoms with E-state index in [9.17, 15) is 0 Å². The lowest BCUT2D eigenvalue weighted by molar-refractivity contribution is 0.206. The van der Waals surface area contributed by atoms with Crippen LogP contribution in [0, 0.1) is 0 Å². The summed E-state index contributed by atoms with van der Waals surface area (Å²) in [6.07, 6.45) is 1.35. The number of hydrogen-bond acceptors (Lipinski definition) is 3. The van der Waals surface area contributed by atoms with E-state index < -0.39 is 0 Å². The lowest BCUT2D eigenvalue weighted by Gasteiger charge is -2.27. The second-order valence-corrected chi connectivity index (χ2v) is 4.88. The van der Waals surface area contributed by atoms with Crippen molar-refractivity contribution in [1.29, 1.82) is 0 Å². The average molecular weight is 227 g/mol. The molecule has 16 heavy (non-hydrogen) atoms. The average Bonchev–Trinajstić information content (AvgIpc) is 2.68. The number of nitrogens with zero attached hydrogens (tertiary/aromatic N) is 2. The molecule has 0 aliphatic carbocycles. The molecular formula is C13H29N3. The topological polar surface area (TPSA) is 18.5 Å². The molecule has 1 fully saturated rings. The predicted molar refractivity (Wildman–Crippen MR) is 70.9 cm³/mol. The minimum atomic E-state index is 0.625. The molecule has 0 aromatic carbocycles. The molecule has 0 bridgehead atoms. The summed E-state index contributed by atoms with van der Waals surface area (Å²) in [5.41, 5.74) is 0. The summed E-state index contributed by atoms with van der Waals surface area (Å²) >= 11 is 0. The van der Waals surface area contributed by atoms with E-state index in [0.717, 1.165) is 12.6 Å². The van der Waals surface area contributed by atoms with Gasteiger partial charge in [-0.2, -0.15) is 0 Å². The molecule has 2 unspecified atom stereocenters. The van der Waals surface area contributed by atoms with Crippen molar-refractivity contribution in [2.24, 2.45) is 0 Å². The van der Waals surface area contributed by atoms with Gasteiger partial charge in [-0.05, 0) is 39.5 Å². The van der Waals surface area contributed by atoms with Crippen LogP contribution in [-0.4, -0.2) is 61.2 Å². The van der Waals surface area contributed by atoms with Gasteiger partial charge in [0.05, 0.1) is 0 Å². The quantitative estimate of drug-likeness (QED) is 0.709. The highest BCUT2D eigenvalue weighted by atomic mass is 15.3. The first-order valence-corrected chi connectivity index (χ1v) is 6.90. The second kappa shape index (κ2) is 7.25. The number of likely N-dealkylation sites (N-methyl/N-ethyl adjacent to an activating group) is 2.